The second-order valence-corrected chi connectivity index (χ2v) is 6.14. The number of benzene rings is 2. The molecule has 5 nitrogen and oxygen atoms in total. The average molecular weight is 386 g/mol. The average Bonchev–Trinajstić information content (AvgIpc) is 3.19. The Morgan fingerprint density at radius 1 is 1.11 bits per heavy atom. The number of hydrogen-bond acceptors (Lipinski definition) is 4. The van der Waals surface area contributed by atoms with Gasteiger partial charge in [-0.1, -0.05) is 12.1 Å². The first-order valence-electron chi connectivity index (χ1n) is 8.78. The van der Waals surface area contributed by atoms with E-state index in [-0.39, 0.29) is 17.4 Å². The smallest absolute Gasteiger partial charge is 0.337 e. The summed E-state index contributed by atoms with van der Waals surface area (Å²) in [6, 6.07) is 8.39. The summed E-state index contributed by atoms with van der Waals surface area (Å²) in [5, 5.41) is 4.16. The number of aromatic nitrogens is 2. The van der Waals surface area contributed by atoms with Crippen LogP contribution in [0, 0.1) is 11.6 Å². The maximum atomic E-state index is 14.7. The van der Waals surface area contributed by atoms with Crippen LogP contribution in [-0.4, -0.2) is 29.5 Å². The van der Waals surface area contributed by atoms with Crippen molar-refractivity contribution in [2.45, 2.75) is 20.1 Å². The monoisotopic (exact) mass is 386 g/mol. The first-order valence-corrected chi connectivity index (χ1v) is 8.78. The van der Waals surface area contributed by atoms with Crippen molar-refractivity contribution >= 4 is 5.97 Å². The lowest BCUT2D eigenvalue weighted by atomic mass is 9.99. The van der Waals surface area contributed by atoms with Crippen LogP contribution < -0.4 is 0 Å². The van der Waals surface area contributed by atoms with Crippen molar-refractivity contribution < 1.29 is 23.0 Å². The van der Waals surface area contributed by atoms with Crippen molar-refractivity contribution in [2.24, 2.45) is 0 Å². The molecule has 0 saturated heterocycles. The molecule has 0 aliphatic rings. The molecule has 0 amide bonds. The molecule has 1 atom stereocenters. The van der Waals surface area contributed by atoms with Gasteiger partial charge < -0.3 is 9.47 Å². The van der Waals surface area contributed by atoms with Crippen molar-refractivity contribution in [2.75, 3.05) is 13.7 Å². The van der Waals surface area contributed by atoms with Crippen LogP contribution in [0.5, 0.6) is 0 Å². The molecule has 1 aromatic heterocycles. The van der Waals surface area contributed by atoms with E-state index >= 15 is 0 Å². The fourth-order valence-corrected chi connectivity index (χ4v) is 2.89. The summed E-state index contributed by atoms with van der Waals surface area (Å²) in [6.07, 6.45) is 2.78. The van der Waals surface area contributed by atoms with Crippen LogP contribution in [0.4, 0.5) is 8.78 Å². The van der Waals surface area contributed by atoms with Crippen molar-refractivity contribution in [1.82, 2.24) is 9.78 Å². The summed E-state index contributed by atoms with van der Waals surface area (Å²) in [5.74, 6) is -1.64. The number of nitrogens with zero attached hydrogens (tertiary/aromatic N) is 2. The first kappa shape index (κ1) is 19.7. The Balaban J connectivity index is 1.92. The topological polar surface area (TPSA) is 53.4 Å². The number of carbonyl (C=O) groups excluding carboxylic acids is 1. The predicted octanol–water partition coefficient (Wildman–Crippen LogP) is 4.84. The van der Waals surface area contributed by atoms with Gasteiger partial charge in [0.25, 0.3) is 0 Å². The van der Waals surface area contributed by atoms with E-state index in [0.29, 0.717) is 23.3 Å². The molecule has 0 saturated carbocycles. The second kappa shape index (κ2) is 8.31. The lowest BCUT2D eigenvalue weighted by Gasteiger charge is -2.11. The summed E-state index contributed by atoms with van der Waals surface area (Å²) < 4.78 is 41.0. The van der Waals surface area contributed by atoms with Gasteiger partial charge in [0.2, 0.25) is 0 Å². The number of esters is 1. The Labute approximate surface area is 161 Å². The molecule has 0 aliphatic carbocycles. The zero-order valence-corrected chi connectivity index (χ0v) is 15.8. The molecule has 2 aromatic carbocycles. The lowest BCUT2D eigenvalue weighted by molar-refractivity contribution is 0.0160. The maximum Gasteiger partial charge on any atom is 0.337 e. The third-order valence-corrected chi connectivity index (χ3v) is 4.37. The van der Waals surface area contributed by atoms with Gasteiger partial charge in [-0.05, 0) is 43.7 Å². The summed E-state index contributed by atoms with van der Waals surface area (Å²) >= 11 is 0. The summed E-state index contributed by atoms with van der Waals surface area (Å²) in [4.78, 5) is 11.5. The third-order valence-electron chi connectivity index (χ3n) is 4.37. The molecule has 0 bridgehead atoms. The molecule has 0 aliphatic heterocycles. The normalized spacial score (nSPS) is 12.0. The molecule has 0 N–H and O–H groups in total. The molecule has 3 aromatic rings. The minimum Gasteiger partial charge on any atom is -0.465 e. The number of rotatable bonds is 6. The van der Waals surface area contributed by atoms with Crippen LogP contribution in [0.3, 0.4) is 0 Å². The van der Waals surface area contributed by atoms with E-state index in [9.17, 15) is 13.6 Å². The molecule has 1 heterocycles. The van der Waals surface area contributed by atoms with E-state index in [1.54, 1.807) is 23.0 Å². The SMILES string of the molecule is CCOC(C)n1cc(-c2cc(F)c(-c3ccc(C(=O)OC)cc3)cc2F)cn1. The predicted molar refractivity (Wildman–Crippen MR) is 101 cm³/mol. The van der Waals surface area contributed by atoms with Crippen LogP contribution in [0.1, 0.15) is 30.4 Å². The highest BCUT2D eigenvalue weighted by molar-refractivity contribution is 5.90. The summed E-state index contributed by atoms with van der Waals surface area (Å²) in [7, 11) is 1.28. The van der Waals surface area contributed by atoms with Gasteiger partial charge in [0.05, 0.1) is 18.9 Å². The van der Waals surface area contributed by atoms with E-state index in [0.717, 1.165) is 12.1 Å². The number of hydrogen-bond donors (Lipinski definition) is 0. The number of halogens is 2. The Bertz CT molecular complexity index is 984. The number of ether oxygens (including phenoxy) is 2. The van der Waals surface area contributed by atoms with Gasteiger partial charge in [-0.15, -0.1) is 0 Å². The summed E-state index contributed by atoms with van der Waals surface area (Å²) in [6.45, 7) is 4.20. The van der Waals surface area contributed by atoms with Crippen LogP contribution in [-0.2, 0) is 9.47 Å². The van der Waals surface area contributed by atoms with Crippen LogP contribution in [0.15, 0.2) is 48.8 Å². The minimum absolute atomic E-state index is 0.104. The lowest BCUT2D eigenvalue weighted by Crippen LogP contribution is -2.09. The molecule has 0 fully saturated rings. The van der Waals surface area contributed by atoms with Crippen molar-refractivity contribution in [3.8, 4) is 22.3 Å². The van der Waals surface area contributed by atoms with Crippen LogP contribution in [0.25, 0.3) is 22.3 Å². The second-order valence-electron chi connectivity index (χ2n) is 6.14. The van der Waals surface area contributed by atoms with Gasteiger partial charge in [0.1, 0.15) is 17.9 Å². The third kappa shape index (κ3) is 3.94. The molecule has 0 spiro atoms. The zero-order chi connectivity index (χ0) is 20.3. The highest BCUT2D eigenvalue weighted by atomic mass is 19.1. The fraction of sp³-hybridized carbons (Fsp3) is 0.238. The molecule has 28 heavy (non-hydrogen) atoms. The highest BCUT2D eigenvalue weighted by Crippen LogP contribution is 2.31. The van der Waals surface area contributed by atoms with E-state index in [2.05, 4.69) is 9.84 Å². The molecule has 3 rings (SSSR count). The van der Waals surface area contributed by atoms with E-state index in [1.165, 1.54) is 25.4 Å². The minimum atomic E-state index is -0.576. The molecule has 146 valence electrons. The fourth-order valence-electron chi connectivity index (χ4n) is 2.89. The molecule has 1 unspecified atom stereocenters. The Hall–Kier alpha value is -3.06. The van der Waals surface area contributed by atoms with Crippen molar-refractivity contribution in [3.05, 3.63) is 66.0 Å². The van der Waals surface area contributed by atoms with E-state index in [1.807, 2.05) is 13.8 Å². The quantitative estimate of drug-likeness (QED) is 0.569. The van der Waals surface area contributed by atoms with Gasteiger partial charge in [-0.3, -0.25) is 0 Å². The molecule has 7 heteroatoms. The standard InChI is InChI=1S/C21H20F2N2O3/c1-4-28-13(2)25-12-16(11-24-25)18-10-19(22)17(9-20(18)23)14-5-7-15(8-6-14)21(26)27-3/h5-13H,4H2,1-3H3. The van der Waals surface area contributed by atoms with Gasteiger partial charge in [-0.25, -0.2) is 18.3 Å². The maximum absolute atomic E-state index is 14.7. The molecular weight excluding hydrogens is 366 g/mol. The van der Waals surface area contributed by atoms with Crippen molar-refractivity contribution in [1.29, 1.82) is 0 Å². The Morgan fingerprint density at radius 3 is 2.29 bits per heavy atom. The van der Waals surface area contributed by atoms with E-state index < -0.39 is 17.6 Å². The van der Waals surface area contributed by atoms with Crippen molar-refractivity contribution in [3.63, 3.8) is 0 Å². The van der Waals surface area contributed by atoms with Gasteiger partial charge in [0.15, 0.2) is 0 Å². The Morgan fingerprint density at radius 2 is 1.71 bits per heavy atom. The number of carbonyl (C=O) groups is 1. The first-order chi connectivity index (χ1) is 13.4. The van der Waals surface area contributed by atoms with Gasteiger partial charge in [0, 0.05) is 29.5 Å². The molecule has 0 radical (unpaired) electrons. The highest BCUT2D eigenvalue weighted by Gasteiger charge is 2.16. The molecular formula is C21H20F2N2O3. The van der Waals surface area contributed by atoms with E-state index in [4.69, 9.17) is 4.74 Å². The van der Waals surface area contributed by atoms with Crippen LogP contribution >= 0.6 is 0 Å². The summed E-state index contributed by atoms with van der Waals surface area (Å²) in [5.41, 5.74) is 1.46. The zero-order valence-electron chi connectivity index (χ0n) is 15.8. The van der Waals surface area contributed by atoms with Gasteiger partial charge in [-0.2, -0.15) is 5.10 Å². The largest absolute Gasteiger partial charge is 0.465 e. The Kier molecular flexibility index (Phi) is 5.84. The van der Waals surface area contributed by atoms with Gasteiger partial charge >= 0.3 is 5.97 Å². The number of methoxy groups -OCH3 is 1. The van der Waals surface area contributed by atoms with Crippen LogP contribution in [0.2, 0.25) is 0 Å².